The fourth-order valence-electron chi connectivity index (χ4n) is 2.23. The number of aromatic nitrogens is 2. The van der Waals surface area contributed by atoms with E-state index in [-0.39, 0.29) is 0 Å². The van der Waals surface area contributed by atoms with E-state index in [1.165, 1.54) is 5.56 Å². The van der Waals surface area contributed by atoms with E-state index in [1.807, 2.05) is 19.9 Å². The summed E-state index contributed by atoms with van der Waals surface area (Å²) in [6.07, 6.45) is 1.68. The SMILES string of the molecule is COc1nccc(-c2c(C)c(Br)c(C)c(C)c2OC)n1. The third kappa shape index (κ3) is 2.38. The van der Waals surface area contributed by atoms with Crippen LogP contribution in [-0.4, -0.2) is 24.2 Å². The number of benzene rings is 1. The quantitative estimate of drug-likeness (QED) is 0.853. The van der Waals surface area contributed by atoms with E-state index in [0.717, 1.165) is 32.6 Å². The summed E-state index contributed by atoms with van der Waals surface area (Å²) in [5, 5.41) is 0. The first-order chi connectivity index (χ1) is 9.51. The average Bonchev–Trinajstić information content (AvgIpc) is 2.48. The zero-order chi connectivity index (χ0) is 14.9. The molecule has 0 bridgehead atoms. The number of rotatable bonds is 3. The van der Waals surface area contributed by atoms with Crippen LogP contribution in [0.15, 0.2) is 16.7 Å². The highest BCUT2D eigenvalue weighted by atomic mass is 79.9. The van der Waals surface area contributed by atoms with E-state index in [9.17, 15) is 0 Å². The Bertz CT molecular complexity index is 657. The van der Waals surface area contributed by atoms with Crippen LogP contribution in [0.2, 0.25) is 0 Å². The van der Waals surface area contributed by atoms with Gasteiger partial charge in [-0.3, -0.25) is 0 Å². The van der Waals surface area contributed by atoms with Gasteiger partial charge in [-0.2, -0.15) is 4.98 Å². The van der Waals surface area contributed by atoms with Crippen molar-refractivity contribution in [3.63, 3.8) is 0 Å². The van der Waals surface area contributed by atoms with Crippen LogP contribution in [-0.2, 0) is 0 Å². The first kappa shape index (κ1) is 14.8. The second-order valence-corrected chi connectivity index (χ2v) is 5.32. The first-order valence-electron chi connectivity index (χ1n) is 6.21. The Kier molecular flexibility index (Phi) is 4.28. The summed E-state index contributed by atoms with van der Waals surface area (Å²) < 4.78 is 11.8. The maximum absolute atomic E-state index is 5.60. The molecule has 0 aliphatic heterocycles. The molecule has 20 heavy (non-hydrogen) atoms. The largest absolute Gasteiger partial charge is 0.496 e. The number of hydrogen-bond donors (Lipinski definition) is 0. The van der Waals surface area contributed by atoms with Crippen molar-refractivity contribution in [2.45, 2.75) is 20.8 Å². The number of ether oxygens (including phenoxy) is 2. The van der Waals surface area contributed by atoms with E-state index < -0.39 is 0 Å². The molecule has 4 nitrogen and oxygen atoms in total. The summed E-state index contributed by atoms with van der Waals surface area (Å²) in [5.41, 5.74) is 5.10. The van der Waals surface area contributed by atoms with Crippen LogP contribution in [0.25, 0.3) is 11.3 Å². The molecule has 0 saturated heterocycles. The monoisotopic (exact) mass is 336 g/mol. The van der Waals surface area contributed by atoms with Crippen LogP contribution in [0, 0.1) is 20.8 Å². The van der Waals surface area contributed by atoms with Gasteiger partial charge < -0.3 is 9.47 Å². The molecule has 1 heterocycles. The van der Waals surface area contributed by atoms with Gasteiger partial charge in [0.2, 0.25) is 0 Å². The molecule has 0 atom stereocenters. The minimum atomic E-state index is 0.346. The summed E-state index contributed by atoms with van der Waals surface area (Å²) in [6, 6.07) is 2.20. The van der Waals surface area contributed by atoms with Crippen molar-refractivity contribution in [3.05, 3.63) is 33.4 Å². The summed E-state index contributed by atoms with van der Waals surface area (Å²) in [7, 11) is 3.23. The fourth-order valence-corrected chi connectivity index (χ4v) is 2.72. The van der Waals surface area contributed by atoms with Crippen molar-refractivity contribution < 1.29 is 9.47 Å². The van der Waals surface area contributed by atoms with Crippen LogP contribution in [0.3, 0.4) is 0 Å². The lowest BCUT2D eigenvalue weighted by Crippen LogP contribution is -2.01. The van der Waals surface area contributed by atoms with Gasteiger partial charge in [-0.05, 0) is 43.5 Å². The van der Waals surface area contributed by atoms with Crippen LogP contribution in [0.5, 0.6) is 11.8 Å². The fraction of sp³-hybridized carbons (Fsp3) is 0.333. The van der Waals surface area contributed by atoms with Gasteiger partial charge >= 0.3 is 6.01 Å². The van der Waals surface area contributed by atoms with Crippen molar-refractivity contribution in [1.82, 2.24) is 9.97 Å². The van der Waals surface area contributed by atoms with Crippen LogP contribution in [0.1, 0.15) is 16.7 Å². The lowest BCUT2D eigenvalue weighted by molar-refractivity contribution is 0.380. The zero-order valence-electron chi connectivity index (χ0n) is 12.2. The third-order valence-electron chi connectivity index (χ3n) is 3.44. The Balaban J connectivity index is 2.78. The first-order valence-corrected chi connectivity index (χ1v) is 7.01. The van der Waals surface area contributed by atoms with E-state index in [4.69, 9.17) is 9.47 Å². The molecule has 106 valence electrons. The highest BCUT2D eigenvalue weighted by Gasteiger charge is 2.19. The molecule has 0 radical (unpaired) electrons. The van der Waals surface area contributed by atoms with Gasteiger partial charge in [0, 0.05) is 16.2 Å². The average molecular weight is 337 g/mol. The maximum Gasteiger partial charge on any atom is 0.316 e. The van der Waals surface area contributed by atoms with Gasteiger partial charge in [-0.15, -0.1) is 0 Å². The van der Waals surface area contributed by atoms with E-state index in [1.54, 1.807) is 20.4 Å². The zero-order valence-corrected chi connectivity index (χ0v) is 13.8. The van der Waals surface area contributed by atoms with Crippen LogP contribution >= 0.6 is 15.9 Å². The van der Waals surface area contributed by atoms with Crippen molar-refractivity contribution in [2.75, 3.05) is 14.2 Å². The second-order valence-electron chi connectivity index (χ2n) is 4.53. The van der Waals surface area contributed by atoms with Crippen molar-refractivity contribution in [2.24, 2.45) is 0 Å². The molecular formula is C15H17BrN2O2. The normalized spacial score (nSPS) is 10.5. The molecule has 0 fully saturated rings. The summed E-state index contributed by atoms with van der Waals surface area (Å²) in [5.74, 6) is 0.837. The summed E-state index contributed by atoms with van der Waals surface area (Å²) >= 11 is 3.65. The number of hydrogen-bond acceptors (Lipinski definition) is 4. The molecule has 0 N–H and O–H groups in total. The number of nitrogens with zero attached hydrogens (tertiary/aromatic N) is 2. The predicted octanol–water partition coefficient (Wildman–Crippen LogP) is 3.85. The maximum atomic E-state index is 5.60. The van der Waals surface area contributed by atoms with Crippen molar-refractivity contribution in [3.8, 4) is 23.0 Å². The smallest absolute Gasteiger partial charge is 0.316 e. The molecule has 5 heteroatoms. The van der Waals surface area contributed by atoms with Gasteiger partial charge in [0.25, 0.3) is 0 Å². The van der Waals surface area contributed by atoms with Gasteiger partial charge in [-0.1, -0.05) is 15.9 Å². The van der Waals surface area contributed by atoms with Crippen molar-refractivity contribution >= 4 is 15.9 Å². The molecule has 0 saturated carbocycles. The van der Waals surface area contributed by atoms with Crippen LogP contribution < -0.4 is 9.47 Å². The Hall–Kier alpha value is -1.62. The molecule has 1 aromatic carbocycles. The molecular weight excluding hydrogens is 320 g/mol. The van der Waals surface area contributed by atoms with Crippen LogP contribution in [0.4, 0.5) is 0 Å². The minimum absolute atomic E-state index is 0.346. The highest BCUT2D eigenvalue weighted by Crippen LogP contribution is 2.41. The second kappa shape index (κ2) is 5.79. The Morgan fingerprint density at radius 3 is 2.30 bits per heavy atom. The Labute approximate surface area is 127 Å². The third-order valence-corrected chi connectivity index (χ3v) is 4.63. The molecule has 0 spiro atoms. The minimum Gasteiger partial charge on any atom is -0.496 e. The van der Waals surface area contributed by atoms with E-state index >= 15 is 0 Å². The predicted molar refractivity (Wildman–Crippen MR) is 82.5 cm³/mol. The lowest BCUT2D eigenvalue weighted by atomic mass is 9.96. The number of halogens is 1. The van der Waals surface area contributed by atoms with Gasteiger partial charge in [0.1, 0.15) is 5.75 Å². The molecule has 2 rings (SSSR count). The Morgan fingerprint density at radius 1 is 1.00 bits per heavy atom. The lowest BCUT2D eigenvalue weighted by Gasteiger charge is -2.18. The molecule has 1 aromatic heterocycles. The highest BCUT2D eigenvalue weighted by molar-refractivity contribution is 9.10. The molecule has 0 aliphatic carbocycles. The van der Waals surface area contributed by atoms with E-state index in [2.05, 4.69) is 32.8 Å². The molecule has 0 aliphatic rings. The summed E-state index contributed by atoms with van der Waals surface area (Å²) in [4.78, 5) is 8.45. The summed E-state index contributed by atoms with van der Waals surface area (Å²) in [6.45, 7) is 6.16. The van der Waals surface area contributed by atoms with Gasteiger partial charge in [0.15, 0.2) is 0 Å². The van der Waals surface area contributed by atoms with Crippen molar-refractivity contribution in [1.29, 1.82) is 0 Å². The number of methoxy groups -OCH3 is 2. The standard InChI is InChI=1S/C15H17BrN2O2/c1-8-9(2)14(19-4)12(10(3)13(8)16)11-6-7-17-15(18-11)20-5/h6-7H,1-5H3. The molecule has 0 amide bonds. The van der Waals surface area contributed by atoms with Gasteiger partial charge in [0.05, 0.1) is 19.9 Å². The molecule has 0 unspecified atom stereocenters. The van der Waals surface area contributed by atoms with Gasteiger partial charge in [-0.25, -0.2) is 4.98 Å². The Morgan fingerprint density at radius 2 is 1.70 bits per heavy atom. The molecule has 2 aromatic rings. The topological polar surface area (TPSA) is 44.2 Å². The van der Waals surface area contributed by atoms with E-state index in [0.29, 0.717) is 6.01 Å².